The van der Waals surface area contributed by atoms with Crippen LogP contribution in [0.25, 0.3) is 5.69 Å². The lowest BCUT2D eigenvalue weighted by Gasteiger charge is -2.14. The normalized spacial score (nSPS) is 12.4. The Bertz CT molecular complexity index is 850. The van der Waals surface area contributed by atoms with Gasteiger partial charge in [0.15, 0.2) is 0 Å². The number of esters is 1. The smallest absolute Gasteiger partial charge is 0.342 e. The largest absolute Gasteiger partial charge is 0.454 e. The van der Waals surface area contributed by atoms with Crippen LogP contribution < -0.4 is 0 Å². The van der Waals surface area contributed by atoms with E-state index in [1.165, 1.54) is 6.33 Å². The maximum absolute atomic E-state index is 12.4. The van der Waals surface area contributed by atoms with E-state index in [-0.39, 0.29) is 18.1 Å². The molecule has 130 valence electrons. The maximum Gasteiger partial charge on any atom is 0.342 e. The summed E-state index contributed by atoms with van der Waals surface area (Å²) in [5, 5.41) is 8.34. The Morgan fingerprint density at radius 3 is 2.40 bits per heavy atom. The van der Waals surface area contributed by atoms with Crippen LogP contribution in [0.4, 0.5) is 0 Å². The van der Waals surface area contributed by atoms with Crippen LogP contribution in [0.15, 0.2) is 43.1 Å². The summed E-state index contributed by atoms with van der Waals surface area (Å²) in [7, 11) is 0. The van der Waals surface area contributed by atoms with Gasteiger partial charge in [0, 0.05) is 6.04 Å². The Balaban J connectivity index is 1.71. The van der Waals surface area contributed by atoms with E-state index >= 15 is 0 Å². The summed E-state index contributed by atoms with van der Waals surface area (Å²) in [5.41, 5.74) is 3.12. The first kappa shape index (κ1) is 16.9. The first-order valence-corrected chi connectivity index (χ1v) is 8.17. The topological polar surface area (TPSA) is 74.8 Å². The van der Waals surface area contributed by atoms with E-state index in [0.29, 0.717) is 5.56 Å². The van der Waals surface area contributed by atoms with Gasteiger partial charge in [-0.3, -0.25) is 4.68 Å². The lowest BCUT2D eigenvalue weighted by Crippen LogP contribution is -2.11. The SMILES string of the molecule is Cc1c(C(=O)OC(C)c2ccc(-n3cncn3)cc2)cnn1C(C)C. The molecular formula is C18H21N5O2. The van der Waals surface area contributed by atoms with Gasteiger partial charge < -0.3 is 4.74 Å². The standard InChI is InChI=1S/C18H21N5O2/c1-12(2)23-13(3)17(9-20-23)18(24)25-14(4)15-5-7-16(8-6-15)22-11-19-10-21-22/h5-12,14H,1-4H3. The molecule has 0 fully saturated rings. The number of nitrogens with zero attached hydrogens (tertiary/aromatic N) is 5. The summed E-state index contributed by atoms with van der Waals surface area (Å²) in [6.07, 6.45) is 4.32. The van der Waals surface area contributed by atoms with Gasteiger partial charge in [-0.15, -0.1) is 0 Å². The first-order chi connectivity index (χ1) is 12.0. The van der Waals surface area contributed by atoms with Gasteiger partial charge >= 0.3 is 5.97 Å². The van der Waals surface area contributed by atoms with Crippen molar-refractivity contribution < 1.29 is 9.53 Å². The molecule has 0 bridgehead atoms. The average molecular weight is 339 g/mol. The summed E-state index contributed by atoms with van der Waals surface area (Å²) in [5.74, 6) is -0.364. The Kier molecular flexibility index (Phi) is 4.65. The van der Waals surface area contributed by atoms with Crippen molar-refractivity contribution >= 4 is 5.97 Å². The second-order valence-corrected chi connectivity index (χ2v) is 6.16. The second kappa shape index (κ2) is 6.88. The summed E-state index contributed by atoms with van der Waals surface area (Å²) >= 11 is 0. The molecular weight excluding hydrogens is 318 g/mol. The van der Waals surface area contributed by atoms with Gasteiger partial charge in [0.1, 0.15) is 24.3 Å². The van der Waals surface area contributed by atoms with E-state index < -0.39 is 0 Å². The highest BCUT2D eigenvalue weighted by Crippen LogP contribution is 2.22. The molecule has 0 spiro atoms. The quantitative estimate of drug-likeness (QED) is 0.667. The van der Waals surface area contributed by atoms with Crippen LogP contribution in [0.5, 0.6) is 0 Å². The fourth-order valence-corrected chi connectivity index (χ4v) is 2.68. The molecule has 0 aliphatic rings. The van der Waals surface area contributed by atoms with Crippen molar-refractivity contribution in [2.75, 3.05) is 0 Å². The number of carbonyl (C=O) groups is 1. The Hall–Kier alpha value is -2.96. The zero-order valence-corrected chi connectivity index (χ0v) is 14.7. The van der Waals surface area contributed by atoms with Crippen molar-refractivity contribution in [2.24, 2.45) is 0 Å². The number of rotatable bonds is 5. The number of carbonyl (C=O) groups excluding carboxylic acids is 1. The van der Waals surface area contributed by atoms with Crippen molar-refractivity contribution in [1.82, 2.24) is 24.5 Å². The molecule has 0 saturated heterocycles. The molecule has 7 heteroatoms. The third-order valence-electron chi connectivity index (χ3n) is 4.08. The molecule has 0 aliphatic heterocycles. The Labute approximate surface area is 146 Å². The highest BCUT2D eigenvalue weighted by atomic mass is 16.5. The van der Waals surface area contributed by atoms with E-state index in [1.807, 2.05) is 56.6 Å². The van der Waals surface area contributed by atoms with Gasteiger partial charge in [-0.1, -0.05) is 12.1 Å². The second-order valence-electron chi connectivity index (χ2n) is 6.16. The molecule has 0 saturated carbocycles. The summed E-state index contributed by atoms with van der Waals surface area (Å²) in [4.78, 5) is 16.4. The van der Waals surface area contributed by atoms with Crippen LogP contribution in [0.1, 0.15) is 54.5 Å². The van der Waals surface area contributed by atoms with Crippen LogP contribution in [0.2, 0.25) is 0 Å². The highest BCUT2D eigenvalue weighted by Gasteiger charge is 2.19. The van der Waals surface area contributed by atoms with Crippen molar-refractivity contribution in [3.05, 3.63) is 59.9 Å². The fourth-order valence-electron chi connectivity index (χ4n) is 2.68. The molecule has 7 nitrogen and oxygen atoms in total. The minimum atomic E-state index is -0.364. The molecule has 0 amide bonds. The van der Waals surface area contributed by atoms with E-state index in [0.717, 1.165) is 16.9 Å². The van der Waals surface area contributed by atoms with Gasteiger partial charge in [0.05, 0.1) is 17.6 Å². The average Bonchev–Trinajstić information content (AvgIpc) is 3.24. The van der Waals surface area contributed by atoms with Gasteiger partial charge in [-0.2, -0.15) is 10.2 Å². The number of hydrogen-bond acceptors (Lipinski definition) is 5. The molecule has 1 unspecified atom stereocenters. The summed E-state index contributed by atoms with van der Waals surface area (Å²) in [6, 6.07) is 7.86. The molecule has 2 aromatic heterocycles. The molecule has 3 aromatic rings. The van der Waals surface area contributed by atoms with Crippen LogP contribution in [0, 0.1) is 6.92 Å². The Morgan fingerprint density at radius 1 is 1.12 bits per heavy atom. The third kappa shape index (κ3) is 3.45. The highest BCUT2D eigenvalue weighted by molar-refractivity contribution is 5.90. The predicted molar refractivity (Wildman–Crippen MR) is 92.5 cm³/mol. The predicted octanol–water partition coefficient (Wildman–Crippen LogP) is 3.27. The van der Waals surface area contributed by atoms with Gasteiger partial charge in [0.2, 0.25) is 0 Å². The molecule has 2 heterocycles. The van der Waals surface area contributed by atoms with Gasteiger partial charge in [-0.05, 0) is 45.4 Å². The van der Waals surface area contributed by atoms with Crippen molar-refractivity contribution in [3.8, 4) is 5.69 Å². The van der Waals surface area contributed by atoms with Crippen LogP contribution in [-0.2, 0) is 4.74 Å². The number of ether oxygens (including phenoxy) is 1. The van der Waals surface area contributed by atoms with E-state index in [4.69, 9.17) is 4.74 Å². The van der Waals surface area contributed by atoms with E-state index in [1.54, 1.807) is 17.2 Å². The molecule has 1 aromatic carbocycles. The van der Waals surface area contributed by atoms with Gasteiger partial charge in [-0.25, -0.2) is 14.5 Å². The molecule has 0 N–H and O–H groups in total. The van der Waals surface area contributed by atoms with Crippen molar-refractivity contribution in [2.45, 2.75) is 39.8 Å². The number of aromatic nitrogens is 5. The third-order valence-corrected chi connectivity index (χ3v) is 4.08. The molecule has 0 aliphatic carbocycles. The summed E-state index contributed by atoms with van der Waals surface area (Å²) < 4.78 is 9.08. The van der Waals surface area contributed by atoms with E-state index in [9.17, 15) is 4.79 Å². The Morgan fingerprint density at radius 2 is 1.84 bits per heavy atom. The summed E-state index contributed by atoms with van der Waals surface area (Å²) in [6.45, 7) is 7.77. The zero-order chi connectivity index (χ0) is 18.0. The van der Waals surface area contributed by atoms with Crippen LogP contribution >= 0.6 is 0 Å². The minimum absolute atomic E-state index is 0.198. The van der Waals surface area contributed by atoms with Crippen LogP contribution in [-0.4, -0.2) is 30.5 Å². The van der Waals surface area contributed by atoms with Crippen LogP contribution in [0.3, 0.4) is 0 Å². The van der Waals surface area contributed by atoms with Crippen molar-refractivity contribution in [3.63, 3.8) is 0 Å². The monoisotopic (exact) mass is 339 g/mol. The lowest BCUT2D eigenvalue weighted by molar-refractivity contribution is 0.0337. The lowest BCUT2D eigenvalue weighted by atomic mass is 10.1. The van der Waals surface area contributed by atoms with Gasteiger partial charge in [0.25, 0.3) is 0 Å². The van der Waals surface area contributed by atoms with E-state index in [2.05, 4.69) is 15.2 Å². The number of hydrogen-bond donors (Lipinski definition) is 0. The first-order valence-electron chi connectivity index (χ1n) is 8.17. The molecule has 1 atom stereocenters. The molecule has 25 heavy (non-hydrogen) atoms. The fraction of sp³-hybridized carbons (Fsp3) is 0.333. The maximum atomic E-state index is 12.4. The minimum Gasteiger partial charge on any atom is -0.454 e. The number of benzene rings is 1. The molecule has 0 radical (unpaired) electrons. The zero-order valence-electron chi connectivity index (χ0n) is 14.7. The molecule has 3 rings (SSSR count). The van der Waals surface area contributed by atoms with Crippen molar-refractivity contribution in [1.29, 1.82) is 0 Å².